The van der Waals surface area contributed by atoms with Gasteiger partial charge in [0.25, 0.3) is 0 Å². The average Bonchev–Trinajstić information content (AvgIpc) is 2.18. The van der Waals surface area contributed by atoms with Crippen molar-refractivity contribution in [1.82, 2.24) is 5.43 Å². The van der Waals surface area contributed by atoms with Gasteiger partial charge in [0.2, 0.25) is 0 Å². The Hall–Kier alpha value is -0.640. The van der Waals surface area contributed by atoms with Crippen LogP contribution < -0.4 is 11.3 Å². The maximum absolute atomic E-state index is 13.4. The summed E-state index contributed by atoms with van der Waals surface area (Å²) in [6.07, 6.45) is 0.542. The van der Waals surface area contributed by atoms with Crippen molar-refractivity contribution in [3.8, 4) is 0 Å². The topological polar surface area (TPSA) is 38.0 Å². The second kappa shape index (κ2) is 5.45. The van der Waals surface area contributed by atoms with Gasteiger partial charge in [0.1, 0.15) is 5.82 Å². The Balaban J connectivity index is 2.82. The van der Waals surface area contributed by atoms with Crippen molar-refractivity contribution in [2.24, 2.45) is 11.8 Å². The third-order valence-corrected chi connectivity index (χ3v) is 2.70. The van der Waals surface area contributed by atoms with Gasteiger partial charge in [-0.2, -0.15) is 0 Å². The lowest BCUT2D eigenvalue weighted by Gasteiger charge is -2.20. The normalized spacial score (nSPS) is 13.2. The molecule has 1 aromatic rings. The van der Waals surface area contributed by atoms with Crippen LogP contribution >= 0.6 is 11.6 Å². The Labute approximate surface area is 94.6 Å². The van der Waals surface area contributed by atoms with E-state index in [2.05, 4.69) is 5.43 Å². The monoisotopic (exact) mass is 230 g/mol. The molecule has 0 bridgehead atoms. The van der Waals surface area contributed by atoms with Gasteiger partial charge in [0.15, 0.2) is 0 Å². The molecule has 0 saturated heterocycles. The number of halogens is 2. The number of nitrogens with two attached hydrogens (primary N) is 1. The molecule has 0 aliphatic carbocycles. The van der Waals surface area contributed by atoms with Gasteiger partial charge in [-0.05, 0) is 36.1 Å². The first-order chi connectivity index (χ1) is 7.04. The van der Waals surface area contributed by atoms with Crippen LogP contribution in [0.2, 0.25) is 5.02 Å². The van der Waals surface area contributed by atoms with E-state index in [9.17, 15) is 4.39 Å². The molecule has 1 rings (SSSR count). The standard InChI is InChI=1S/C11H16ClFN2/c1-7(2)11(15-14)6-8-5-9(12)3-4-10(8)13/h3-5,7,11,15H,6,14H2,1-2H3. The largest absolute Gasteiger partial charge is 0.271 e. The summed E-state index contributed by atoms with van der Waals surface area (Å²) in [5, 5.41) is 0.547. The van der Waals surface area contributed by atoms with Crippen LogP contribution in [0, 0.1) is 11.7 Å². The van der Waals surface area contributed by atoms with Crippen molar-refractivity contribution >= 4 is 11.6 Å². The van der Waals surface area contributed by atoms with Gasteiger partial charge >= 0.3 is 0 Å². The first-order valence-corrected chi connectivity index (χ1v) is 5.32. The first-order valence-electron chi connectivity index (χ1n) is 4.94. The summed E-state index contributed by atoms with van der Waals surface area (Å²) in [4.78, 5) is 0. The van der Waals surface area contributed by atoms with E-state index < -0.39 is 0 Å². The highest BCUT2D eigenvalue weighted by atomic mass is 35.5. The van der Waals surface area contributed by atoms with Crippen LogP contribution in [0.4, 0.5) is 4.39 Å². The lowest BCUT2D eigenvalue weighted by atomic mass is 9.97. The van der Waals surface area contributed by atoms with Crippen LogP contribution in [0.15, 0.2) is 18.2 Å². The van der Waals surface area contributed by atoms with Crippen LogP contribution in [0.5, 0.6) is 0 Å². The van der Waals surface area contributed by atoms with Crippen LogP contribution in [0.25, 0.3) is 0 Å². The van der Waals surface area contributed by atoms with Crippen molar-refractivity contribution in [1.29, 1.82) is 0 Å². The van der Waals surface area contributed by atoms with Crippen molar-refractivity contribution in [2.45, 2.75) is 26.3 Å². The Morgan fingerprint density at radius 1 is 1.47 bits per heavy atom. The molecule has 4 heteroatoms. The van der Waals surface area contributed by atoms with Crippen LogP contribution in [-0.2, 0) is 6.42 Å². The molecule has 3 N–H and O–H groups in total. The summed E-state index contributed by atoms with van der Waals surface area (Å²) in [5.74, 6) is 5.51. The van der Waals surface area contributed by atoms with Gasteiger partial charge in [-0.3, -0.25) is 11.3 Å². The van der Waals surface area contributed by atoms with Crippen LogP contribution in [0.3, 0.4) is 0 Å². The zero-order chi connectivity index (χ0) is 11.4. The zero-order valence-electron chi connectivity index (χ0n) is 8.93. The van der Waals surface area contributed by atoms with E-state index in [0.717, 1.165) is 0 Å². The average molecular weight is 231 g/mol. The molecule has 0 heterocycles. The molecule has 0 aliphatic heterocycles. The van der Waals surface area contributed by atoms with Gasteiger partial charge in [-0.1, -0.05) is 25.4 Å². The quantitative estimate of drug-likeness (QED) is 0.616. The Morgan fingerprint density at radius 2 is 2.13 bits per heavy atom. The lowest BCUT2D eigenvalue weighted by Crippen LogP contribution is -2.40. The van der Waals surface area contributed by atoms with E-state index in [4.69, 9.17) is 17.4 Å². The third kappa shape index (κ3) is 3.45. The molecule has 15 heavy (non-hydrogen) atoms. The highest BCUT2D eigenvalue weighted by molar-refractivity contribution is 6.30. The Kier molecular flexibility index (Phi) is 4.51. The SMILES string of the molecule is CC(C)C(Cc1cc(Cl)ccc1F)NN. The predicted molar refractivity (Wildman–Crippen MR) is 61.1 cm³/mol. The van der Waals surface area contributed by atoms with E-state index in [1.165, 1.54) is 6.07 Å². The molecule has 2 nitrogen and oxygen atoms in total. The number of hydrogen-bond donors (Lipinski definition) is 2. The minimum Gasteiger partial charge on any atom is -0.271 e. The molecule has 0 fully saturated rings. The molecule has 0 aromatic heterocycles. The van der Waals surface area contributed by atoms with Crippen LogP contribution in [0.1, 0.15) is 19.4 Å². The fourth-order valence-electron chi connectivity index (χ4n) is 1.42. The first kappa shape index (κ1) is 12.4. The highest BCUT2D eigenvalue weighted by Gasteiger charge is 2.14. The van der Waals surface area contributed by atoms with E-state index >= 15 is 0 Å². The predicted octanol–water partition coefficient (Wildman–Crippen LogP) is 2.51. The van der Waals surface area contributed by atoms with Crippen LogP contribution in [-0.4, -0.2) is 6.04 Å². The van der Waals surface area contributed by atoms with Gasteiger partial charge in [0, 0.05) is 11.1 Å². The molecule has 1 unspecified atom stereocenters. The molecule has 1 atom stereocenters. The van der Waals surface area contributed by atoms with Crippen molar-refractivity contribution < 1.29 is 4.39 Å². The van der Waals surface area contributed by atoms with E-state index in [-0.39, 0.29) is 11.9 Å². The number of hydrazine groups is 1. The lowest BCUT2D eigenvalue weighted by molar-refractivity contribution is 0.399. The molecule has 0 amide bonds. The van der Waals surface area contributed by atoms with Crippen molar-refractivity contribution in [3.63, 3.8) is 0 Å². The number of rotatable bonds is 4. The zero-order valence-corrected chi connectivity index (χ0v) is 9.68. The Bertz CT molecular complexity index is 328. The van der Waals surface area contributed by atoms with E-state index in [1.807, 2.05) is 13.8 Å². The minimum atomic E-state index is -0.236. The third-order valence-electron chi connectivity index (χ3n) is 2.47. The maximum Gasteiger partial charge on any atom is 0.126 e. The van der Waals surface area contributed by atoms with Gasteiger partial charge in [0.05, 0.1) is 0 Å². The summed E-state index contributed by atoms with van der Waals surface area (Å²) in [6, 6.07) is 4.62. The second-order valence-electron chi connectivity index (χ2n) is 3.96. The number of hydrogen-bond acceptors (Lipinski definition) is 2. The van der Waals surface area contributed by atoms with Crippen molar-refractivity contribution in [2.75, 3.05) is 0 Å². The smallest absolute Gasteiger partial charge is 0.126 e. The van der Waals surface area contributed by atoms with Gasteiger partial charge < -0.3 is 0 Å². The van der Waals surface area contributed by atoms with E-state index in [1.54, 1.807) is 12.1 Å². The summed E-state index contributed by atoms with van der Waals surface area (Å²) in [7, 11) is 0. The fourth-order valence-corrected chi connectivity index (χ4v) is 1.62. The molecular weight excluding hydrogens is 215 g/mol. The molecular formula is C11H16ClFN2. The fraction of sp³-hybridized carbons (Fsp3) is 0.455. The summed E-state index contributed by atoms with van der Waals surface area (Å²) in [6.45, 7) is 4.07. The highest BCUT2D eigenvalue weighted by Crippen LogP contribution is 2.18. The molecule has 84 valence electrons. The van der Waals surface area contributed by atoms with Crippen molar-refractivity contribution in [3.05, 3.63) is 34.6 Å². The molecule has 0 aliphatic rings. The maximum atomic E-state index is 13.4. The van der Waals surface area contributed by atoms with Gasteiger partial charge in [-0.25, -0.2) is 4.39 Å². The minimum absolute atomic E-state index is 0.0537. The van der Waals surface area contributed by atoms with E-state index in [0.29, 0.717) is 22.9 Å². The molecule has 0 spiro atoms. The Morgan fingerprint density at radius 3 is 2.67 bits per heavy atom. The summed E-state index contributed by atoms with van der Waals surface area (Å²) >= 11 is 5.80. The second-order valence-corrected chi connectivity index (χ2v) is 4.39. The molecule has 0 radical (unpaired) electrons. The summed E-state index contributed by atoms with van der Waals surface area (Å²) in [5.41, 5.74) is 3.28. The molecule has 1 aromatic carbocycles. The summed E-state index contributed by atoms with van der Waals surface area (Å²) < 4.78 is 13.4. The van der Waals surface area contributed by atoms with Gasteiger partial charge in [-0.15, -0.1) is 0 Å². The number of nitrogens with one attached hydrogen (secondary N) is 1. The number of benzene rings is 1. The molecule has 0 saturated carbocycles.